The van der Waals surface area contributed by atoms with E-state index < -0.39 is 21.7 Å². The smallest absolute Gasteiger partial charge is 0.407 e. The molecular weight excluding hydrogens is 376 g/mol. The summed E-state index contributed by atoms with van der Waals surface area (Å²) in [4.78, 5) is 11.9. The number of nitrogens with zero attached hydrogens (tertiary/aromatic N) is 1. The fraction of sp³-hybridized carbons (Fsp3) is 0.611. The SMILES string of the molecule is CC(C)(C)OC(=O)NC[C@@H]1CCCCN1S(=O)(=O)Cc1cccc(Cl)c1. The zero-order valence-electron chi connectivity index (χ0n) is 15.5. The van der Waals surface area contributed by atoms with E-state index >= 15 is 0 Å². The van der Waals surface area contributed by atoms with E-state index in [0.29, 0.717) is 23.6 Å². The zero-order valence-corrected chi connectivity index (χ0v) is 17.1. The monoisotopic (exact) mass is 402 g/mol. The Morgan fingerprint density at radius 1 is 1.35 bits per heavy atom. The number of benzene rings is 1. The molecule has 1 aliphatic heterocycles. The first kappa shape index (κ1) is 21.0. The molecular formula is C18H27ClN2O4S. The highest BCUT2D eigenvalue weighted by atomic mass is 35.5. The van der Waals surface area contributed by atoms with Crippen molar-refractivity contribution in [3.63, 3.8) is 0 Å². The average molecular weight is 403 g/mol. The quantitative estimate of drug-likeness (QED) is 0.817. The number of nitrogens with one attached hydrogen (secondary N) is 1. The molecule has 8 heteroatoms. The number of halogens is 1. The van der Waals surface area contributed by atoms with Gasteiger partial charge in [-0.05, 0) is 51.3 Å². The van der Waals surface area contributed by atoms with Gasteiger partial charge in [-0.1, -0.05) is 30.2 Å². The van der Waals surface area contributed by atoms with Crippen LogP contribution in [0.4, 0.5) is 4.79 Å². The van der Waals surface area contributed by atoms with E-state index in [1.807, 2.05) is 0 Å². The van der Waals surface area contributed by atoms with Gasteiger partial charge < -0.3 is 10.1 Å². The van der Waals surface area contributed by atoms with Crippen LogP contribution in [-0.4, -0.2) is 43.5 Å². The van der Waals surface area contributed by atoms with Crippen molar-refractivity contribution >= 4 is 27.7 Å². The number of carbonyl (C=O) groups is 1. The highest BCUT2D eigenvalue weighted by Crippen LogP contribution is 2.23. The fourth-order valence-corrected chi connectivity index (χ4v) is 5.00. The molecule has 0 bridgehead atoms. The summed E-state index contributed by atoms with van der Waals surface area (Å²) < 4.78 is 32.5. The lowest BCUT2D eigenvalue weighted by Crippen LogP contribution is -2.50. The Kier molecular flexibility index (Phi) is 6.93. The number of sulfonamides is 1. The largest absolute Gasteiger partial charge is 0.444 e. The minimum absolute atomic E-state index is 0.101. The van der Waals surface area contributed by atoms with Crippen LogP contribution in [0.5, 0.6) is 0 Å². The Hall–Kier alpha value is -1.31. The molecule has 1 N–H and O–H groups in total. The van der Waals surface area contributed by atoms with Crippen LogP contribution in [0.25, 0.3) is 0 Å². The fourth-order valence-electron chi connectivity index (χ4n) is 2.98. The molecule has 1 heterocycles. The molecule has 1 aromatic carbocycles. The Morgan fingerprint density at radius 3 is 2.73 bits per heavy atom. The Balaban J connectivity index is 2.03. The maximum atomic E-state index is 12.9. The molecule has 146 valence electrons. The molecule has 1 amide bonds. The number of alkyl carbamates (subject to hydrolysis) is 1. The van der Waals surface area contributed by atoms with E-state index in [-0.39, 0.29) is 18.3 Å². The molecule has 1 fully saturated rings. The number of hydrogen-bond acceptors (Lipinski definition) is 4. The van der Waals surface area contributed by atoms with Crippen molar-refractivity contribution in [1.29, 1.82) is 0 Å². The molecule has 0 aromatic heterocycles. The van der Waals surface area contributed by atoms with E-state index in [2.05, 4.69) is 5.32 Å². The minimum Gasteiger partial charge on any atom is -0.444 e. The molecule has 0 saturated carbocycles. The summed E-state index contributed by atoms with van der Waals surface area (Å²) in [5.41, 5.74) is 0.0663. The van der Waals surface area contributed by atoms with Crippen LogP contribution in [0.15, 0.2) is 24.3 Å². The van der Waals surface area contributed by atoms with Crippen LogP contribution in [0.3, 0.4) is 0 Å². The van der Waals surface area contributed by atoms with Gasteiger partial charge in [-0.2, -0.15) is 4.31 Å². The first-order valence-corrected chi connectivity index (χ1v) is 10.8. The van der Waals surface area contributed by atoms with E-state index in [9.17, 15) is 13.2 Å². The van der Waals surface area contributed by atoms with Gasteiger partial charge in [-0.15, -0.1) is 0 Å². The van der Waals surface area contributed by atoms with Gasteiger partial charge in [0.2, 0.25) is 10.0 Å². The van der Waals surface area contributed by atoms with Crippen LogP contribution < -0.4 is 5.32 Å². The summed E-state index contributed by atoms with van der Waals surface area (Å²) in [6.45, 7) is 6.06. The highest BCUT2D eigenvalue weighted by molar-refractivity contribution is 7.88. The van der Waals surface area contributed by atoms with Crippen molar-refractivity contribution in [2.75, 3.05) is 13.1 Å². The second-order valence-corrected chi connectivity index (χ2v) is 9.89. The number of piperidine rings is 1. The summed E-state index contributed by atoms with van der Waals surface area (Å²) in [5.74, 6) is -0.101. The van der Waals surface area contributed by atoms with Crippen molar-refractivity contribution in [2.45, 2.75) is 57.4 Å². The number of hydrogen-bond donors (Lipinski definition) is 1. The summed E-state index contributed by atoms with van der Waals surface area (Å²) in [6.07, 6.45) is 1.93. The van der Waals surface area contributed by atoms with Gasteiger partial charge >= 0.3 is 6.09 Å². The molecule has 1 aromatic rings. The molecule has 0 radical (unpaired) electrons. The van der Waals surface area contributed by atoms with E-state index in [4.69, 9.17) is 16.3 Å². The normalized spacial score (nSPS) is 19.2. The Bertz CT molecular complexity index is 731. The van der Waals surface area contributed by atoms with Crippen molar-refractivity contribution in [3.05, 3.63) is 34.9 Å². The summed E-state index contributed by atoms with van der Waals surface area (Å²) in [6, 6.07) is 6.61. The van der Waals surface area contributed by atoms with E-state index in [1.165, 1.54) is 4.31 Å². The predicted octanol–water partition coefficient (Wildman–Crippen LogP) is 3.55. The van der Waals surface area contributed by atoms with Gasteiger partial charge in [0.25, 0.3) is 0 Å². The molecule has 0 aliphatic carbocycles. The summed E-state index contributed by atoms with van der Waals surface area (Å²) >= 11 is 5.96. The van der Waals surface area contributed by atoms with Gasteiger partial charge in [-0.3, -0.25) is 0 Å². The Labute approximate surface area is 160 Å². The highest BCUT2D eigenvalue weighted by Gasteiger charge is 2.32. The molecule has 2 rings (SSSR count). The summed E-state index contributed by atoms with van der Waals surface area (Å²) in [7, 11) is -3.50. The minimum atomic E-state index is -3.50. The molecule has 0 spiro atoms. The third kappa shape index (κ3) is 6.45. The van der Waals surface area contributed by atoms with Crippen molar-refractivity contribution in [1.82, 2.24) is 9.62 Å². The van der Waals surface area contributed by atoms with Crippen LogP contribution in [0.2, 0.25) is 5.02 Å². The third-order valence-electron chi connectivity index (χ3n) is 4.05. The molecule has 1 aliphatic rings. The van der Waals surface area contributed by atoms with Crippen LogP contribution in [-0.2, 0) is 20.5 Å². The van der Waals surface area contributed by atoms with Gasteiger partial charge in [0.1, 0.15) is 5.60 Å². The van der Waals surface area contributed by atoms with Gasteiger partial charge in [0.05, 0.1) is 5.75 Å². The number of carbonyl (C=O) groups excluding carboxylic acids is 1. The summed E-state index contributed by atoms with van der Waals surface area (Å²) in [5, 5.41) is 3.21. The zero-order chi connectivity index (χ0) is 19.4. The lowest BCUT2D eigenvalue weighted by molar-refractivity contribution is 0.0512. The second-order valence-electron chi connectivity index (χ2n) is 7.53. The van der Waals surface area contributed by atoms with Gasteiger partial charge in [0.15, 0.2) is 0 Å². The van der Waals surface area contributed by atoms with Crippen LogP contribution in [0, 0.1) is 0 Å². The van der Waals surface area contributed by atoms with Crippen LogP contribution in [0.1, 0.15) is 45.6 Å². The maximum absolute atomic E-state index is 12.9. The van der Waals surface area contributed by atoms with Crippen molar-refractivity contribution in [3.8, 4) is 0 Å². The predicted molar refractivity (Wildman–Crippen MR) is 103 cm³/mol. The second kappa shape index (κ2) is 8.59. The first-order valence-electron chi connectivity index (χ1n) is 8.78. The van der Waals surface area contributed by atoms with Crippen molar-refractivity contribution in [2.24, 2.45) is 0 Å². The molecule has 0 unspecified atom stereocenters. The topological polar surface area (TPSA) is 75.7 Å². The Morgan fingerprint density at radius 2 is 2.08 bits per heavy atom. The maximum Gasteiger partial charge on any atom is 0.407 e. The number of ether oxygens (including phenoxy) is 1. The molecule has 1 atom stereocenters. The lowest BCUT2D eigenvalue weighted by Gasteiger charge is -2.35. The third-order valence-corrected chi connectivity index (χ3v) is 6.18. The van der Waals surface area contributed by atoms with Crippen LogP contribution >= 0.6 is 11.6 Å². The lowest BCUT2D eigenvalue weighted by atomic mass is 10.1. The van der Waals surface area contributed by atoms with Gasteiger partial charge in [0, 0.05) is 24.2 Å². The van der Waals surface area contributed by atoms with E-state index in [0.717, 1.165) is 12.8 Å². The molecule has 6 nitrogen and oxygen atoms in total. The van der Waals surface area contributed by atoms with Crippen molar-refractivity contribution < 1.29 is 17.9 Å². The number of rotatable bonds is 5. The van der Waals surface area contributed by atoms with Gasteiger partial charge in [-0.25, -0.2) is 13.2 Å². The van der Waals surface area contributed by atoms with E-state index in [1.54, 1.807) is 45.0 Å². The first-order chi connectivity index (χ1) is 12.1. The average Bonchev–Trinajstić information content (AvgIpc) is 2.51. The number of amides is 1. The molecule has 26 heavy (non-hydrogen) atoms. The standard InChI is InChI=1S/C18H27ClN2O4S/c1-18(2,3)25-17(22)20-12-16-9-4-5-10-21(16)26(23,24)13-14-7-6-8-15(19)11-14/h6-8,11,16H,4-5,9-10,12-13H2,1-3H3,(H,20,22)/t16-/m0/s1. The molecule has 1 saturated heterocycles.